The Bertz CT molecular complexity index is 832. The maximum absolute atomic E-state index is 13.0. The molecule has 0 radical (unpaired) electrons. The second kappa shape index (κ2) is 7.81. The second-order valence-corrected chi connectivity index (χ2v) is 8.17. The van der Waals surface area contributed by atoms with Gasteiger partial charge in [0.15, 0.2) is 0 Å². The molecule has 2 aliphatic rings. The molecule has 1 aromatic rings. The number of nitro groups is 1. The molecule has 1 heterocycles. The topological polar surface area (TPSA) is 113 Å². The number of carbonyl (C=O) groups is 3. The summed E-state index contributed by atoms with van der Waals surface area (Å²) >= 11 is 0. The van der Waals surface area contributed by atoms with Crippen LogP contribution in [0.15, 0.2) is 24.3 Å². The Morgan fingerprint density at radius 1 is 1.24 bits per heavy atom. The van der Waals surface area contributed by atoms with E-state index in [4.69, 9.17) is 0 Å². The van der Waals surface area contributed by atoms with Crippen molar-refractivity contribution in [2.24, 2.45) is 5.92 Å². The van der Waals surface area contributed by atoms with Gasteiger partial charge in [-0.05, 0) is 56.2 Å². The summed E-state index contributed by atoms with van der Waals surface area (Å²) in [6.45, 7) is 3.41. The van der Waals surface area contributed by atoms with Crippen molar-refractivity contribution in [3.63, 3.8) is 0 Å². The fourth-order valence-corrected chi connectivity index (χ4v) is 4.03. The first kappa shape index (κ1) is 20.8. The summed E-state index contributed by atoms with van der Waals surface area (Å²) in [6, 6.07) is 4.93. The highest BCUT2D eigenvalue weighted by Crippen LogP contribution is 2.31. The van der Waals surface area contributed by atoms with Crippen LogP contribution in [0, 0.1) is 16.0 Å². The predicted molar refractivity (Wildman–Crippen MR) is 105 cm³/mol. The van der Waals surface area contributed by atoms with Gasteiger partial charge in [-0.2, -0.15) is 0 Å². The van der Waals surface area contributed by atoms with Gasteiger partial charge in [0, 0.05) is 25.2 Å². The van der Waals surface area contributed by atoms with Crippen molar-refractivity contribution in [1.29, 1.82) is 0 Å². The minimum Gasteiger partial charge on any atom is -0.341 e. The molecule has 9 heteroatoms. The van der Waals surface area contributed by atoms with Crippen LogP contribution in [0.2, 0.25) is 0 Å². The molecule has 2 fully saturated rings. The lowest BCUT2D eigenvalue weighted by molar-refractivity contribution is -0.384. The summed E-state index contributed by atoms with van der Waals surface area (Å²) in [5, 5.41) is 13.5. The van der Waals surface area contributed by atoms with Crippen LogP contribution in [-0.4, -0.2) is 52.2 Å². The first-order chi connectivity index (χ1) is 13.6. The minimum absolute atomic E-state index is 0.107. The zero-order valence-electron chi connectivity index (χ0n) is 16.9. The van der Waals surface area contributed by atoms with E-state index in [1.807, 2.05) is 0 Å². The number of carbonyl (C=O) groups excluding carboxylic acids is 3. The molecule has 1 atom stereocenters. The first-order valence-corrected chi connectivity index (χ1v) is 9.78. The number of amides is 4. The van der Waals surface area contributed by atoms with E-state index in [9.17, 15) is 24.5 Å². The average Bonchev–Trinajstić information content (AvgIpc) is 2.92. The number of hydrogen-bond acceptors (Lipinski definition) is 5. The maximum Gasteiger partial charge on any atom is 0.325 e. The van der Waals surface area contributed by atoms with Crippen molar-refractivity contribution < 1.29 is 19.3 Å². The lowest BCUT2D eigenvalue weighted by Crippen LogP contribution is -2.47. The molecule has 9 nitrogen and oxygen atoms in total. The van der Waals surface area contributed by atoms with Gasteiger partial charge in [-0.1, -0.05) is 6.92 Å². The molecule has 0 spiro atoms. The molecule has 1 saturated carbocycles. The SMILES string of the molecule is CC1CCC(N(C)C(=O)CN2C(=O)N[C@](C)(c3ccc([N+](=O)[O-])cc3)C2=O)CC1. The number of non-ortho nitro benzene ring substituents is 1. The largest absolute Gasteiger partial charge is 0.341 e. The standard InChI is InChI=1S/C20H26N4O5/c1-13-4-8-15(9-5-13)22(3)17(25)12-23-18(26)20(2,21-19(23)27)14-6-10-16(11-7-14)24(28)29/h6-7,10-11,13,15H,4-5,8-9,12H2,1-3H3,(H,21,27)/t13?,15?,20-/m1/s1. The molecule has 29 heavy (non-hydrogen) atoms. The van der Waals surface area contributed by atoms with E-state index in [1.54, 1.807) is 11.9 Å². The number of likely N-dealkylation sites (N-methyl/N-ethyl adjacent to an activating group) is 1. The molecule has 0 aromatic heterocycles. The fourth-order valence-electron chi connectivity index (χ4n) is 4.03. The minimum atomic E-state index is -1.37. The number of imide groups is 1. The summed E-state index contributed by atoms with van der Waals surface area (Å²) in [5.74, 6) is -0.167. The Labute approximate surface area is 169 Å². The Balaban J connectivity index is 1.71. The zero-order chi connectivity index (χ0) is 21.3. The number of nitrogens with one attached hydrogen (secondary N) is 1. The first-order valence-electron chi connectivity index (χ1n) is 9.78. The smallest absolute Gasteiger partial charge is 0.325 e. The molecule has 156 valence electrons. The molecule has 1 aliphatic carbocycles. The van der Waals surface area contributed by atoms with Gasteiger partial charge in [-0.3, -0.25) is 24.6 Å². The van der Waals surface area contributed by atoms with E-state index in [1.165, 1.54) is 31.2 Å². The van der Waals surface area contributed by atoms with E-state index in [2.05, 4.69) is 12.2 Å². The monoisotopic (exact) mass is 402 g/mol. The average molecular weight is 402 g/mol. The van der Waals surface area contributed by atoms with E-state index in [0.29, 0.717) is 11.5 Å². The van der Waals surface area contributed by atoms with Crippen LogP contribution >= 0.6 is 0 Å². The third kappa shape index (κ3) is 3.94. The molecule has 1 aromatic carbocycles. The van der Waals surface area contributed by atoms with E-state index in [0.717, 1.165) is 30.6 Å². The molecule has 3 rings (SSSR count). The summed E-state index contributed by atoms with van der Waals surface area (Å²) < 4.78 is 0. The molecular formula is C20H26N4O5. The lowest BCUT2D eigenvalue weighted by atomic mass is 9.87. The fraction of sp³-hybridized carbons (Fsp3) is 0.550. The number of nitro benzene ring substituents is 1. The molecule has 1 saturated heterocycles. The number of hydrogen-bond donors (Lipinski definition) is 1. The van der Waals surface area contributed by atoms with Gasteiger partial charge < -0.3 is 10.2 Å². The van der Waals surface area contributed by atoms with Gasteiger partial charge in [0.1, 0.15) is 12.1 Å². The van der Waals surface area contributed by atoms with Crippen LogP contribution in [0.25, 0.3) is 0 Å². The lowest BCUT2D eigenvalue weighted by Gasteiger charge is -2.34. The number of rotatable bonds is 5. The van der Waals surface area contributed by atoms with Crippen LogP contribution in [0.3, 0.4) is 0 Å². The van der Waals surface area contributed by atoms with Crippen molar-refractivity contribution in [2.75, 3.05) is 13.6 Å². The zero-order valence-corrected chi connectivity index (χ0v) is 16.9. The van der Waals surface area contributed by atoms with E-state index >= 15 is 0 Å². The summed E-state index contributed by atoms with van der Waals surface area (Å²) in [5.41, 5.74) is -1.05. The Morgan fingerprint density at radius 3 is 2.38 bits per heavy atom. The van der Waals surface area contributed by atoms with Crippen molar-refractivity contribution in [2.45, 2.75) is 51.1 Å². The van der Waals surface area contributed by atoms with Gasteiger partial charge in [-0.15, -0.1) is 0 Å². The quantitative estimate of drug-likeness (QED) is 0.462. The third-order valence-corrected chi connectivity index (χ3v) is 6.15. The van der Waals surface area contributed by atoms with Crippen molar-refractivity contribution in [1.82, 2.24) is 15.1 Å². The third-order valence-electron chi connectivity index (χ3n) is 6.15. The Hall–Kier alpha value is -2.97. The van der Waals surface area contributed by atoms with Crippen LogP contribution in [0.4, 0.5) is 10.5 Å². The van der Waals surface area contributed by atoms with Gasteiger partial charge in [0.2, 0.25) is 5.91 Å². The molecule has 0 bridgehead atoms. The van der Waals surface area contributed by atoms with Gasteiger partial charge in [0.25, 0.3) is 11.6 Å². The molecule has 4 amide bonds. The van der Waals surface area contributed by atoms with Crippen molar-refractivity contribution in [3.8, 4) is 0 Å². The molecule has 1 N–H and O–H groups in total. The van der Waals surface area contributed by atoms with Crippen LogP contribution in [0.1, 0.15) is 45.1 Å². The Morgan fingerprint density at radius 2 is 1.83 bits per heavy atom. The van der Waals surface area contributed by atoms with Gasteiger partial charge >= 0.3 is 6.03 Å². The van der Waals surface area contributed by atoms with Crippen molar-refractivity contribution >= 4 is 23.5 Å². The van der Waals surface area contributed by atoms with Crippen LogP contribution in [0.5, 0.6) is 0 Å². The number of benzene rings is 1. The predicted octanol–water partition coefficient (Wildman–Crippen LogP) is 2.40. The molecule has 0 unspecified atom stereocenters. The Kier molecular flexibility index (Phi) is 5.59. The number of urea groups is 1. The highest BCUT2D eigenvalue weighted by Gasteiger charge is 2.49. The number of nitrogens with zero attached hydrogens (tertiary/aromatic N) is 3. The summed E-state index contributed by atoms with van der Waals surface area (Å²) in [4.78, 5) is 51.0. The highest BCUT2D eigenvalue weighted by molar-refractivity contribution is 6.09. The van der Waals surface area contributed by atoms with Crippen LogP contribution in [-0.2, 0) is 15.1 Å². The summed E-state index contributed by atoms with van der Waals surface area (Å²) in [6.07, 6.45) is 3.96. The van der Waals surface area contributed by atoms with Gasteiger partial charge in [0.05, 0.1) is 4.92 Å². The molecular weight excluding hydrogens is 376 g/mol. The maximum atomic E-state index is 13.0. The molecule has 1 aliphatic heterocycles. The van der Waals surface area contributed by atoms with E-state index in [-0.39, 0.29) is 24.2 Å². The second-order valence-electron chi connectivity index (χ2n) is 8.17. The highest BCUT2D eigenvalue weighted by atomic mass is 16.6. The van der Waals surface area contributed by atoms with Crippen molar-refractivity contribution in [3.05, 3.63) is 39.9 Å². The van der Waals surface area contributed by atoms with Crippen LogP contribution < -0.4 is 5.32 Å². The normalized spacial score (nSPS) is 26.9. The summed E-state index contributed by atoms with van der Waals surface area (Å²) in [7, 11) is 1.72. The van der Waals surface area contributed by atoms with E-state index < -0.39 is 22.4 Å². The van der Waals surface area contributed by atoms with Gasteiger partial charge in [-0.25, -0.2) is 4.79 Å².